The van der Waals surface area contributed by atoms with Crippen LogP contribution in [0.5, 0.6) is 5.75 Å². The predicted molar refractivity (Wildman–Crippen MR) is 83.4 cm³/mol. The number of likely N-dealkylation sites (tertiary alicyclic amines) is 1. The molecule has 2 aromatic rings. The summed E-state index contributed by atoms with van der Waals surface area (Å²) in [5.74, 6) is -0.272. The van der Waals surface area contributed by atoms with Gasteiger partial charge in [0.05, 0.1) is 11.7 Å². The van der Waals surface area contributed by atoms with Gasteiger partial charge in [0, 0.05) is 13.1 Å². The molecule has 1 aromatic heterocycles. The van der Waals surface area contributed by atoms with Crippen molar-refractivity contribution >= 4 is 5.91 Å². The third kappa shape index (κ3) is 4.34. The predicted octanol–water partition coefficient (Wildman–Crippen LogP) is 2.87. The number of benzene rings is 1. The van der Waals surface area contributed by atoms with Gasteiger partial charge in [-0.2, -0.15) is 13.2 Å². The van der Waals surface area contributed by atoms with Crippen molar-refractivity contribution in [2.75, 3.05) is 13.1 Å². The van der Waals surface area contributed by atoms with Gasteiger partial charge in [-0.15, -0.1) is 0 Å². The molecule has 1 aliphatic rings. The lowest BCUT2D eigenvalue weighted by molar-refractivity contribution is -0.137. The van der Waals surface area contributed by atoms with Gasteiger partial charge in [-0.05, 0) is 31.0 Å². The van der Waals surface area contributed by atoms with Crippen molar-refractivity contribution < 1.29 is 32.2 Å². The molecule has 0 unspecified atom stereocenters. The van der Waals surface area contributed by atoms with E-state index < -0.39 is 17.8 Å². The minimum atomic E-state index is -4.46. The summed E-state index contributed by atoms with van der Waals surface area (Å²) < 4.78 is 48.5. The van der Waals surface area contributed by atoms with E-state index in [1.807, 2.05) is 0 Å². The van der Waals surface area contributed by atoms with E-state index in [1.165, 1.54) is 23.3 Å². The zero-order valence-electron chi connectivity index (χ0n) is 13.7. The van der Waals surface area contributed by atoms with Gasteiger partial charge in [0.2, 0.25) is 5.89 Å². The number of aromatic nitrogens is 1. The average molecular weight is 370 g/mol. The summed E-state index contributed by atoms with van der Waals surface area (Å²) >= 11 is 0. The number of aliphatic hydroxyl groups excluding tert-OH is 1. The van der Waals surface area contributed by atoms with Gasteiger partial charge in [-0.1, -0.05) is 6.07 Å². The van der Waals surface area contributed by atoms with E-state index in [1.54, 1.807) is 0 Å². The average Bonchev–Trinajstić information content (AvgIpc) is 3.08. The summed E-state index contributed by atoms with van der Waals surface area (Å²) in [7, 11) is 0. The molecule has 1 atom stereocenters. The number of halogens is 3. The van der Waals surface area contributed by atoms with Crippen molar-refractivity contribution in [2.24, 2.45) is 0 Å². The maximum atomic E-state index is 12.7. The number of aliphatic hydroxyl groups is 1. The molecule has 1 saturated heterocycles. The Balaban J connectivity index is 1.61. The van der Waals surface area contributed by atoms with Crippen LogP contribution in [0.3, 0.4) is 0 Å². The highest BCUT2D eigenvalue weighted by Crippen LogP contribution is 2.31. The monoisotopic (exact) mass is 370 g/mol. The number of nitrogens with zero attached hydrogens (tertiary/aromatic N) is 2. The Bertz CT molecular complexity index is 775. The van der Waals surface area contributed by atoms with E-state index in [0.717, 1.165) is 12.1 Å². The van der Waals surface area contributed by atoms with Crippen molar-refractivity contribution in [1.82, 2.24) is 9.88 Å². The molecule has 26 heavy (non-hydrogen) atoms. The van der Waals surface area contributed by atoms with Gasteiger partial charge in [0.15, 0.2) is 12.3 Å². The van der Waals surface area contributed by atoms with Crippen molar-refractivity contribution in [3.05, 3.63) is 47.7 Å². The summed E-state index contributed by atoms with van der Waals surface area (Å²) in [5.41, 5.74) is -0.747. The normalized spacial score (nSPS) is 18.0. The third-order valence-corrected chi connectivity index (χ3v) is 3.98. The first-order chi connectivity index (χ1) is 12.3. The molecule has 6 nitrogen and oxygen atoms in total. The second kappa shape index (κ2) is 7.36. The lowest BCUT2D eigenvalue weighted by Crippen LogP contribution is -2.42. The number of hydrogen-bond donors (Lipinski definition) is 1. The fourth-order valence-electron chi connectivity index (χ4n) is 2.68. The lowest BCUT2D eigenvalue weighted by atomic mass is 10.1. The van der Waals surface area contributed by atoms with Crippen LogP contribution in [0.1, 0.15) is 34.8 Å². The van der Waals surface area contributed by atoms with Gasteiger partial charge in [-0.3, -0.25) is 4.79 Å². The fraction of sp³-hybridized carbons (Fsp3) is 0.412. The van der Waals surface area contributed by atoms with Crippen LogP contribution < -0.4 is 4.74 Å². The van der Waals surface area contributed by atoms with E-state index in [4.69, 9.17) is 9.15 Å². The van der Waals surface area contributed by atoms with Crippen LogP contribution in [-0.4, -0.2) is 40.1 Å². The Morgan fingerprint density at radius 3 is 2.96 bits per heavy atom. The highest BCUT2D eigenvalue weighted by Gasteiger charge is 2.30. The second-order valence-corrected chi connectivity index (χ2v) is 5.99. The minimum absolute atomic E-state index is 0.0186. The number of carbonyl (C=O) groups is 1. The van der Waals surface area contributed by atoms with Gasteiger partial charge in [0.1, 0.15) is 12.0 Å². The zero-order valence-corrected chi connectivity index (χ0v) is 13.7. The number of amides is 1. The number of rotatable bonds is 4. The van der Waals surface area contributed by atoms with Crippen LogP contribution in [0.15, 0.2) is 34.9 Å². The summed E-state index contributed by atoms with van der Waals surface area (Å²) in [6.07, 6.45) is -2.48. The largest absolute Gasteiger partial charge is 0.484 e. The first-order valence-electron chi connectivity index (χ1n) is 8.05. The molecule has 0 radical (unpaired) electrons. The van der Waals surface area contributed by atoms with Crippen LogP contribution >= 0.6 is 0 Å². The zero-order chi connectivity index (χ0) is 18.7. The molecule has 1 amide bonds. The molecule has 0 spiro atoms. The quantitative estimate of drug-likeness (QED) is 0.896. The molecule has 2 heterocycles. The molecular weight excluding hydrogens is 353 g/mol. The van der Waals surface area contributed by atoms with Gasteiger partial charge < -0.3 is 19.2 Å². The van der Waals surface area contributed by atoms with Crippen LogP contribution in [0.25, 0.3) is 0 Å². The van der Waals surface area contributed by atoms with Crippen molar-refractivity contribution in [2.45, 2.75) is 31.7 Å². The van der Waals surface area contributed by atoms with Gasteiger partial charge in [0.25, 0.3) is 5.91 Å². The maximum absolute atomic E-state index is 12.7. The van der Waals surface area contributed by atoms with Crippen molar-refractivity contribution in [1.29, 1.82) is 0 Å². The maximum Gasteiger partial charge on any atom is 0.416 e. The van der Waals surface area contributed by atoms with E-state index in [9.17, 15) is 23.1 Å². The highest BCUT2D eigenvalue weighted by atomic mass is 19.4. The molecule has 1 fully saturated rings. The molecule has 9 heteroatoms. The van der Waals surface area contributed by atoms with E-state index >= 15 is 0 Å². The fourth-order valence-corrected chi connectivity index (χ4v) is 2.68. The summed E-state index contributed by atoms with van der Waals surface area (Å²) in [6, 6.07) is 4.45. The van der Waals surface area contributed by atoms with E-state index in [-0.39, 0.29) is 36.4 Å². The minimum Gasteiger partial charge on any atom is -0.484 e. The number of carbonyl (C=O) groups excluding carboxylic acids is 1. The molecule has 0 saturated carbocycles. The van der Waals surface area contributed by atoms with Crippen LogP contribution in [0.2, 0.25) is 0 Å². The Morgan fingerprint density at radius 1 is 1.42 bits per heavy atom. The molecule has 1 N–H and O–H groups in total. The standard InChI is InChI=1S/C17H17F3N2O4/c18-17(19,20)11-3-1-5-13(7-11)25-10-15-21-14(9-26-15)16(24)22-6-2-4-12(23)8-22/h1,3,5,7,9,12,23H,2,4,6,8,10H2/t12-/m1/s1. The summed E-state index contributed by atoms with van der Waals surface area (Å²) in [5, 5.41) is 9.63. The molecule has 0 aliphatic carbocycles. The lowest BCUT2D eigenvalue weighted by Gasteiger charge is -2.29. The number of alkyl halides is 3. The third-order valence-electron chi connectivity index (χ3n) is 3.98. The summed E-state index contributed by atoms with van der Waals surface area (Å²) in [6.45, 7) is 0.553. The van der Waals surface area contributed by atoms with Crippen molar-refractivity contribution in [3.63, 3.8) is 0 Å². The Kier molecular flexibility index (Phi) is 5.17. The van der Waals surface area contributed by atoms with Crippen LogP contribution in [-0.2, 0) is 12.8 Å². The molecule has 1 aromatic carbocycles. The first kappa shape index (κ1) is 18.2. The van der Waals surface area contributed by atoms with Crippen molar-refractivity contribution in [3.8, 4) is 5.75 Å². The number of hydrogen-bond acceptors (Lipinski definition) is 5. The second-order valence-electron chi connectivity index (χ2n) is 5.99. The number of ether oxygens (including phenoxy) is 1. The van der Waals surface area contributed by atoms with Gasteiger partial charge in [-0.25, -0.2) is 4.98 Å². The topological polar surface area (TPSA) is 75.8 Å². The molecule has 1 aliphatic heterocycles. The molecule has 0 bridgehead atoms. The van der Waals surface area contributed by atoms with Crippen LogP contribution in [0, 0.1) is 0 Å². The Hall–Kier alpha value is -2.55. The molecule has 140 valence electrons. The first-order valence-corrected chi connectivity index (χ1v) is 8.05. The van der Waals surface area contributed by atoms with E-state index in [0.29, 0.717) is 19.4 Å². The smallest absolute Gasteiger partial charge is 0.416 e. The van der Waals surface area contributed by atoms with E-state index in [2.05, 4.69) is 4.98 Å². The Morgan fingerprint density at radius 2 is 2.23 bits per heavy atom. The Labute approximate surface area is 147 Å². The highest BCUT2D eigenvalue weighted by molar-refractivity contribution is 5.92. The molecular formula is C17H17F3N2O4. The number of oxazole rings is 1. The van der Waals surface area contributed by atoms with Crippen LogP contribution in [0.4, 0.5) is 13.2 Å². The number of piperidine rings is 1. The number of β-amino-alcohol motifs (C(OH)–C–C–N with tert-alkyl or cyclic N) is 1. The SMILES string of the molecule is O=C(c1coc(COc2cccc(C(F)(F)F)c2)n1)N1CCC[C@@H](O)C1. The summed E-state index contributed by atoms with van der Waals surface area (Å²) in [4.78, 5) is 17.8. The molecule has 3 rings (SSSR count). The van der Waals surface area contributed by atoms with Gasteiger partial charge >= 0.3 is 6.18 Å².